The van der Waals surface area contributed by atoms with Crippen LogP contribution in [-0.4, -0.2) is 53.7 Å². The Balaban J connectivity index is 1.80. The molecular formula is C17H22N2O3S2. The zero-order valence-electron chi connectivity index (χ0n) is 13.9. The van der Waals surface area contributed by atoms with Gasteiger partial charge >= 0.3 is 0 Å². The number of fused-ring (bicyclic) bond motifs is 1. The van der Waals surface area contributed by atoms with Gasteiger partial charge in [0, 0.05) is 17.7 Å². The van der Waals surface area contributed by atoms with Crippen LogP contribution in [0.1, 0.15) is 19.4 Å². The third-order valence-electron chi connectivity index (χ3n) is 4.36. The van der Waals surface area contributed by atoms with Gasteiger partial charge in [-0.2, -0.15) is 4.99 Å². The summed E-state index contributed by atoms with van der Waals surface area (Å²) >= 11 is 1.45. The average Bonchev–Trinajstić information content (AvgIpc) is 2.97. The third kappa shape index (κ3) is 3.83. The van der Waals surface area contributed by atoms with Crippen LogP contribution in [0.4, 0.5) is 0 Å². The summed E-state index contributed by atoms with van der Waals surface area (Å²) in [6.45, 7) is 4.33. The van der Waals surface area contributed by atoms with Gasteiger partial charge in [-0.3, -0.25) is 4.79 Å². The molecule has 130 valence electrons. The maximum Gasteiger partial charge on any atom is 0.250 e. The molecule has 3 rings (SSSR count). The Morgan fingerprint density at radius 1 is 1.29 bits per heavy atom. The molecular weight excluding hydrogens is 344 g/mol. The van der Waals surface area contributed by atoms with E-state index in [0.717, 1.165) is 6.42 Å². The lowest BCUT2D eigenvalue weighted by atomic mass is 10.1. The van der Waals surface area contributed by atoms with Crippen LogP contribution < -0.4 is 0 Å². The molecule has 2 heterocycles. The van der Waals surface area contributed by atoms with E-state index in [9.17, 15) is 13.2 Å². The van der Waals surface area contributed by atoms with E-state index in [2.05, 4.69) is 17.1 Å². The number of carbonyl (C=O) groups excluding carboxylic acids is 1. The van der Waals surface area contributed by atoms with Crippen molar-refractivity contribution in [1.29, 1.82) is 0 Å². The van der Waals surface area contributed by atoms with Crippen LogP contribution in [0.15, 0.2) is 35.3 Å². The molecule has 2 aliphatic heterocycles. The second-order valence-corrected chi connectivity index (χ2v) is 9.98. The SMILES string of the molecule is CC(C)C(=O)N=C1S[C@H]2CS(=O)(=O)C[C@@H]2N1CCc1ccccc1. The van der Waals surface area contributed by atoms with E-state index in [1.807, 2.05) is 36.9 Å². The molecule has 0 saturated carbocycles. The van der Waals surface area contributed by atoms with Gasteiger partial charge < -0.3 is 4.90 Å². The van der Waals surface area contributed by atoms with Gasteiger partial charge in [0.1, 0.15) is 0 Å². The van der Waals surface area contributed by atoms with Gasteiger partial charge in [-0.25, -0.2) is 8.42 Å². The average molecular weight is 367 g/mol. The second-order valence-electron chi connectivity index (χ2n) is 6.62. The fraction of sp³-hybridized carbons (Fsp3) is 0.529. The zero-order valence-corrected chi connectivity index (χ0v) is 15.5. The Morgan fingerprint density at radius 3 is 2.67 bits per heavy atom. The third-order valence-corrected chi connectivity index (χ3v) is 7.61. The Morgan fingerprint density at radius 2 is 2.00 bits per heavy atom. The summed E-state index contributed by atoms with van der Waals surface area (Å²) in [6, 6.07) is 10.0. The first-order chi connectivity index (χ1) is 11.4. The molecule has 1 amide bonds. The summed E-state index contributed by atoms with van der Waals surface area (Å²) in [5.74, 6) is 0.0382. The van der Waals surface area contributed by atoms with Crippen molar-refractivity contribution in [2.24, 2.45) is 10.9 Å². The van der Waals surface area contributed by atoms with Crippen molar-refractivity contribution in [3.05, 3.63) is 35.9 Å². The van der Waals surface area contributed by atoms with E-state index in [1.54, 1.807) is 0 Å². The summed E-state index contributed by atoms with van der Waals surface area (Å²) in [4.78, 5) is 18.3. The fourth-order valence-corrected chi connectivity index (χ4v) is 7.00. The highest BCUT2D eigenvalue weighted by atomic mass is 32.2. The molecule has 2 saturated heterocycles. The number of sulfone groups is 1. The van der Waals surface area contributed by atoms with E-state index in [-0.39, 0.29) is 34.6 Å². The zero-order chi connectivity index (χ0) is 17.3. The number of amides is 1. The lowest BCUT2D eigenvalue weighted by molar-refractivity contribution is -0.120. The highest BCUT2D eigenvalue weighted by Crippen LogP contribution is 2.38. The van der Waals surface area contributed by atoms with Crippen LogP contribution in [0, 0.1) is 5.92 Å². The smallest absolute Gasteiger partial charge is 0.250 e. The maximum atomic E-state index is 12.0. The Kier molecular flexibility index (Phi) is 5.01. The molecule has 2 fully saturated rings. The van der Waals surface area contributed by atoms with Gasteiger partial charge in [0.2, 0.25) is 0 Å². The van der Waals surface area contributed by atoms with Crippen molar-refractivity contribution in [3.63, 3.8) is 0 Å². The number of hydrogen-bond donors (Lipinski definition) is 0. The molecule has 1 aromatic rings. The van der Waals surface area contributed by atoms with Crippen molar-refractivity contribution in [3.8, 4) is 0 Å². The van der Waals surface area contributed by atoms with Crippen molar-refractivity contribution in [2.75, 3.05) is 18.1 Å². The Hall–Kier alpha value is -1.34. The van der Waals surface area contributed by atoms with Crippen molar-refractivity contribution >= 4 is 32.7 Å². The van der Waals surface area contributed by atoms with Gasteiger partial charge in [-0.1, -0.05) is 55.9 Å². The van der Waals surface area contributed by atoms with Crippen LogP contribution in [0.2, 0.25) is 0 Å². The molecule has 0 unspecified atom stereocenters. The lowest BCUT2D eigenvalue weighted by Crippen LogP contribution is -2.39. The largest absolute Gasteiger partial charge is 0.346 e. The van der Waals surface area contributed by atoms with Crippen LogP contribution in [0.5, 0.6) is 0 Å². The standard InChI is InChI=1S/C17H22N2O3S2/c1-12(2)16(20)18-17-19(9-8-13-6-4-3-5-7-13)14-10-24(21,22)11-15(14)23-17/h3-7,12,14-15H,8-11H2,1-2H3/t14-,15-/m0/s1. The first-order valence-corrected chi connectivity index (χ1v) is 10.9. The van der Waals surface area contributed by atoms with Crippen LogP contribution in [0.25, 0.3) is 0 Å². The fourth-order valence-electron chi connectivity index (χ4n) is 3.01. The number of thioether (sulfide) groups is 1. The van der Waals surface area contributed by atoms with Crippen LogP contribution in [0.3, 0.4) is 0 Å². The van der Waals surface area contributed by atoms with Crippen molar-refractivity contribution < 1.29 is 13.2 Å². The van der Waals surface area contributed by atoms with Gasteiger partial charge in [0.25, 0.3) is 5.91 Å². The summed E-state index contributed by atoms with van der Waals surface area (Å²) in [5, 5.41) is 0.680. The summed E-state index contributed by atoms with van der Waals surface area (Å²) in [6.07, 6.45) is 0.805. The minimum absolute atomic E-state index is 0.00974. The molecule has 0 aliphatic carbocycles. The maximum absolute atomic E-state index is 12.0. The molecule has 1 aromatic carbocycles. The highest BCUT2D eigenvalue weighted by molar-refractivity contribution is 8.15. The summed E-state index contributed by atoms with van der Waals surface area (Å²) in [7, 11) is -2.99. The molecule has 7 heteroatoms. The Bertz CT molecular complexity index is 744. The number of amidine groups is 1. The van der Waals surface area contributed by atoms with Crippen LogP contribution in [-0.2, 0) is 21.1 Å². The normalized spacial score (nSPS) is 27.0. The highest BCUT2D eigenvalue weighted by Gasteiger charge is 2.48. The first-order valence-electron chi connectivity index (χ1n) is 8.16. The molecule has 5 nitrogen and oxygen atoms in total. The number of benzene rings is 1. The topological polar surface area (TPSA) is 66.8 Å². The Labute approximate surface area is 147 Å². The van der Waals surface area contributed by atoms with Gasteiger partial charge in [-0.05, 0) is 12.0 Å². The number of nitrogens with zero attached hydrogens (tertiary/aromatic N) is 2. The molecule has 0 bridgehead atoms. The van der Waals surface area contributed by atoms with Gasteiger partial charge in [-0.15, -0.1) is 0 Å². The van der Waals surface area contributed by atoms with E-state index in [0.29, 0.717) is 11.7 Å². The predicted octanol–water partition coefficient (Wildman–Crippen LogP) is 1.98. The van der Waals surface area contributed by atoms with Gasteiger partial charge in [0.15, 0.2) is 15.0 Å². The number of carbonyl (C=O) groups is 1. The van der Waals surface area contributed by atoms with Crippen molar-refractivity contribution in [1.82, 2.24) is 4.90 Å². The quantitative estimate of drug-likeness (QED) is 0.815. The molecule has 2 atom stereocenters. The number of rotatable bonds is 4. The summed E-state index contributed by atoms with van der Waals surface area (Å²) in [5.41, 5.74) is 1.20. The minimum atomic E-state index is -2.99. The van der Waals surface area contributed by atoms with Crippen molar-refractivity contribution in [2.45, 2.75) is 31.6 Å². The summed E-state index contributed by atoms with van der Waals surface area (Å²) < 4.78 is 23.9. The monoisotopic (exact) mass is 366 g/mol. The molecule has 2 aliphatic rings. The van der Waals surface area contributed by atoms with E-state index in [1.165, 1.54) is 17.3 Å². The van der Waals surface area contributed by atoms with E-state index < -0.39 is 9.84 Å². The predicted molar refractivity (Wildman–Crippen MR) is 98.0 cm³/mol. The molecule has 0 spiro atoms. The van der Waals surface area contributed by atoms with E-state index >= 15 is 0 Å². The molecule has 0 aromatic heterocycles. The molecule has 0 N–H and O–H groups in total. The second kappa shape index (κ2) is 6.88. The lowest BCUT2D eigenvalue weighted by Gasteiger charge is -2.24. The van der Waals surface area contributed by atoms with Crippen LogP contribution >= 0.6 is 11.8 Å². The van der Waals surface area contributed by atoms with Gasteiger partial charge in [0.05, 0.1) is 17.5 Å². The minimum Gasteiger partial charge on any atom is -0.346 e. The first kappa shape index (κ1) is 17.5. The number of hydrogen-bond acceptors (Lipinski definition) is 4. The molecule has 0 radical (unpaired) electrons. The number of aliphatic imine (C=N–C) groups is 1. The molecule has 24 heavy (non-hydrogen) atoms. The van der Waals surface area contributed by atoms with E-state index in [4.69, 9.17) is 0 Å².